The van der Waals surface area contributed by atoms with Crippen molar-refractivity contribution >= 4 is 5.97 Å². The van der Waals surface area contributed by atoms with Crippen molar-refractivity contribution in [3.8, 4) is 11.1 Å². The Morgan fingerprint density at radius 1 is 1.17 bits per heavy atom. The average molecular weight is 243 g/mol. The zero-order chi connectivity index (χ0) is 13.3. The third kappa shape index (κ3) is 2.18. The highest BCUT2D eigenvalue weighted by Gasteiger charge is 2.16. The van der Waals surface area contributed by atoms with Crippen LogP contribution in [0.3, 0.4) is 0 Å². The SMILES string of the molecule is Cc1cc(C)cc(-c2cc[nH]c(=O)c2C(=O)O)c1. The standard InChI is InChI=1S/C14H13NO3/c1-8-5-9(2)7-10(6-8)11-3-4-15-13(16)12(11)14(17)18/h3-7H,1-2H3,(H,15,16)(H,17,18). The summed E-state index contributed by atoms with van der Waals surface area (Å²) in [6.07, 6.45) is 1.46. The Labute approximate surface area is 104 Å². The van der Waals surface area contributed by atoms with Crippen molar-refractivity contribution < 1.29 is 9.90 Å². The summed E-state index contributed by atoms with van der Waals surface area (Å²) in [6, 6.07) is 7.35. The molecule has 0 aliphatic rings. The molecule has 1 aromatic carbocycles. The Morgan fingerprint density at radius 3 is 2.33 bits per heavy atom. The van der Waals surface area contributed by atoms with Gasteiger partial charge in [-0.2, -0.15) is 0 Å². The summed E-state index contributed by atoms with van der Waals surface area (Å²) in [5.74, 6) is -1.22. The van der Waals surface area contributed by atoms with Gasteiger partial charge in [0.2, 0.25) is 0 Å². The summed E-state index contributed by atoms with van der Waals surface area (Å²) in [4.78, 5) is 25.1. The first-order chi connectivity index (χ1) is 8.49. The van der Waals surface area contributed by atoms with Crippen molar-refractivity contribution in [1.82, 2.24) is 4.98 Å². The average Bonchev–Trinajstić information content (AvgIpc) is 2.26. The van der Waals surface area contributed by atoms with Crippen LogP contribution in [0.4, 0.5) is 0 Å². The lowest BCUT2D eigenvalue weighted by Gasteiger charge is -2.07. The predicted octanol–water partition coefficient (Wildman–Crippen LogP) is 2.36. The van der Waals surface area contributed by atoms with Gasteiger partial charge in [0, 0.05) is 11.8 Å². The van der Waals surface area contributed by atoms with Crippen LogP contribution in [0.25, 0.3) is 11.1 Å². The summed E-state index contributed by atoms with van der Waals surface area (Å²) in [5, 5.41) is 9.13. The van der Waals surface area contributed by atoms with E-state index in [1.165, 1.54) is 6.20 Å². The van der Waals surface area contributed by atoms with Gasteiger partial charge < -0.3 is 10.1 Å². The molecule has 0 fully saturated rings. The summed E-state index contributed by atoms with van der Waals surface area (Å²) < 4.78 is 0. The van der Waals surface area contributed by atoms with Crippen molar-refractivity contribution in [1.29, 1.82) is 0 Å². The molecule has 1 heterocycles. The summed E-state index contributed by atoms with van der Waals surface area (Å²) in [5.41, 5.74) is 2.44. The monoisotopic (exact) mass is 243 g/mol. The first-order valence-corrected chi connectivity index (χ1v) is 5.52. The van der Waals surface area contributed by atoms with Gasteiger partial charge in [0.25, 0.3) is 5.56 Å². The molecule has 1 aromatic heterocycles. The molecule has 0 unspecified atom stereocenters. The number of carbonyl (C=O) groups is 1. The maximum absolute atomic E-state index is 11.6. The number of aromatic nitrogens is 1. The number of carboxylic acid groups (broad SMARTS) is 1. The normalized spacial score (nSPS) is 10.3. The molecule has 0 saturated carbocycles. The van der Waals surface area contributed by atoms with Gasteiger partial charge >= 0.3 is 5.97 Å². The van der Waals surface area contributed by atoms with E-state index >= 15 is 0 Å². The molecule has 0 bridgehead atoms. The van der Waals surface area contributed by atoms with E-state index < -0.39 is 11.5 Å². The fraction of sp³-hybridized carbons (Fsp3) is 0.143. The van der Waals surface area contributed by atoms with Gasteiger partial charge in [-0.3, -0.25) is 4.79 Å². The third-order valence-electron chi connectivity index (χ3n) is 2.71. The van der Waals surface area contributed by atoms with E-state index in [0.717, 1.165) is 16.7 Å². The summed E-state index contributed by atoms with van der Waals surface area (Å²) in [6.45, 7) is 3.87. The molecule has 0 aliphatic carbocycles. The number of nitrogens with one attached hydrogen (secondary N) is 1. The molecule has 92 valence electrons. The Hall–Kier alpha value is -2.36. The number of aromatic amines is 1. The predicted molar refractivity (Wildman–Crippen MR) is 68.9 cm³/mol. The van der Waals surface area contributed by atoms with E-state index in [4.69, 9.17) is 5.11 Å². The highest BCUT2D eigenvalue weighted by Crippen LogP contribution is 2.23. The molecule has 0 saturated heterocycles. The van der Waals surface area contributed by atoms with E-state index in [9.17, 15) is 9.59 Å². The van der Waals surface area contributed by atoms with E-state index in [1.807, 2.05) is 32.0 Å². The molecule has 0 atom stereocenters. The number of H-pyrrole nitrogens is 1. The van der Waals surface area contributed by atoms with Crippen molar-refractivity contribution in [2.75, 3.05) is 0 Å². The number of aromatic carboxylic acids is 1. The Kier molecular flexibility index (Phi) is 3.02. The highest BCUT2D eigenvalue weighted by molar-refractivity contribution is 5.95. The van der Waals surface area contributed by atoms with E-state index in [2.05, 4.69) is 4.98 Å². The first kappa shape index (κ1) is 12.1. The van der Waals surface area contributed by atoms with Crippen LogP contribution in [0.5, 0.6) is 0 Å². The summed E-state index contributed by atoms with van der Waals surface area (Å²) in [7, 11) is 0. The second kappa shape index (κ2) is 4.49. The van der Waals surface area contributed by atoms with Crippen molar-refractivity contribution in [2.24, 2.45) is 0 Å². The largest absolute Gasteiger partial charge is 0.477 e. The van der Waals surface area contributed by atoms with Crippen LogP contribution >= 0.6 is 0 Å². The lowest BCUT2D eigenvalue weighted by molar-refractivity contribution is 0.0696. The molecule has 2 rings (SSSR count). The molecular weight excluding hydrogens is 230 g/mol. The van der Waals surface area contributed by atoms with Crippen molar-refractivity contribution in [3.05, 3.63) is 57.5 Å². The number of hydrogen-bond acceptors (Lipinski definition) is 2. The van der Waals surface area contributed by atoms with Gasteiger partial charge in [-0.25, -0.2) is 4.79 Å². The second-order valence-corrected chi connectivity index (χ2v) is 4.28. The fourth-order valence-electron chi connectivity index (χ4n) is 2.06. The second-order valence-electron chi connectivity index (χ2n) is 4.28. The third-order valence-corrected chi connectivity index (χ3v) is 2.71. The lowest BCUT2D eigenvalue weighted by atomic mass is 9.98. The number of pyridine rings is 1. The Balaban J connectivity index is 2.75. The minimum Gasteiger partial charge on any atom is -0.477 e. The van der Waals surface area contributed by atoms with E-state index in [1.54, 1.807) is 6.07 Å². The topological polar surface area (TPSA) is 70.2 Å². The summed E-state index contributed by atoms with van der Waals surface area (Å²) >= 11 is 0. The smallest absolute Gasteiger partial charge is 0.341 e. The molecule has 4 nitrogen and oxygen atoms in total. The van der Waals surface area contributed by atoms with Crippen LogP contribution in [0, 0.1) is 13.8 Å². The number of rotatable bonds is 2. The van der Waals surface area contributed by atoms with Crippen LogP contribution in [-0.4, -0.2) is 16.1 Å². The maximum Gasteiger partial charge on any atom is 0.341 e. The van der Waals surface area contributed by atoms with Crippen molar-refractivity contribution in [2.45, 2.75) is 13.8 Å². The number of carboxylic acids is 1. The maximum atomic E-state index is 11.6. The van der Waals surface area contributed by atoms with E-state index in [-0.39, 0.29) is 5.56 Å². The molecule has 18 heavy (non-hydrogen) atoms. The van der Waals surface area contributed by atoms with Crippen LogP contribution in [0.15, 0.2) is 35.3 Å². The number of hydrogen-bond donors (Lipinski definition) is 2. The van der Waals surface area contributed by atoms with Gasteiger partial charge in [0.15, 0.2) is 0 Å². The van der Waals surface area contributed by atoms with Crippen LogP contribution in [0.2, 0.25) is 0 Å². The van der Waals surface area contributed by atoms with Gasteiger partial charge in [-0.05, 0) is 25.5 Å². The molecule has 4 heteroatoms. The molecule has 0 spiro atoms. The van der Waals surface area contributed by atoms with Gasteiger partial charge in [-0.1, -0.05) is 29.3 Å². The fourth-order valence-corrected chi connectivity index (χ4v) is 2.06. The highest BCUT2D eigenvalue weighted by atomic mass is 16.4. The van der Waals surface area contributed by atoms with Crippen LogP contribution in [0.1, 0.15) is 21.5 Å². The molecular formula is C14H13NO3. The van der Waals surface area contributed by atoms with Gasteiger partial charge in [0.1, 0.15) is 5.56 Å². The van der Waals surface area contributed by atoms with Crippen LogP contribution < -0.4 is 5.56 Å². The molecule has 2 aromatic rings. The molecule has 0 aliphatic heterocycles. The molecule has 0 radical (unpaired) electrons. The van der Waals surface area contributed by atoms with Crippen molar-refractivity contribution in [3.63, 3.8) is 0 Å². The van der Waals surface area contributed by atoms with Gasteiger partial charge in [-0.15, -0.1) is 0 Å². The quantitative estimate of drug-likeness (QED) is 0.850. The minimum atomic E-state index is -1.22. The number of aryl methyl sites for hydroxylation is 2. The zero-order valence-corrected chi connectivity index (χ0v) is 10.2. The first-order valence-electron chi connectivity index (χ1n) is 5.52. The Morgan fingerprint density at radius 2 is 1.78 bits per heavy atom. The lowest BCUT2D eigenvalue weighted by Crippen LogP contribution is -2.18. The Bertz CT molecular complexity index is 651. The van der Waals surface area contributed by atoms with E-state index in [0.29, 0.717) is 5.56 Å². The van der Waals surface area contributed by atoms with Gasteiger partial charge in [0.05, 0.1) is 0 Å². The molecule has 0 amide bonds. The minimum absolute atomic E-state index is 0.220. The molecule has 2 N–H and O–H groups in total. The van der Waals surface area contributed by atoms with Crippen LogP contribution in [-0.2, 0) is 0 Å². The zero-order valence-electron chi connectivity index (χ0n) is 10.2. The number of benzene rings is 1.